The molecule has 3 aliphatic rings. The van der Waals surface area contributed by atoms with Crippen LogP contribution in [0.1, 0.15) is 30.6 Å². The lowest BCUT2D eigenvalue weighted by molar-refractivity contribution is -0.143. The molecule has 2 N–H and O–H groups in total. The van der Waals surface area contributed by atoms with Crippen LogP contribution >= 0.6 is 22.9 Å². The molecule has 0 aromatic carbocycles. The zero-order valence-electron chi connectivity index (χ0n) is 21.5. The van der Waals surface area contributed by atoms with Crippen LogP contribution in [0.3, 0.4) is 0 Å². The largest absolute Gasteiger partial charge is 0.341 e. The van der Waals surface area contributed by atoms with E-state index in [-0.39, 0.29) is 30.4 Å². The van der Waals surface area contributed by atoms with E-state index in [0.717, 1.165) is 37.9 Å². The Kier molecular flexibility index (Phi) is 9.69. The van der Waals surface area contributed by atoms with Crippen LogP contribution in [0.4, 0.5) is 4.79 Å². The highest BCUT2D eigenvalue weighted by Crippen LogP contribution is 2.23. The number of hydrogen-bond acceptors (Lipinski definition) is 7. The van der Waals surface area contributed by atoms with Gasteiger partial charge in [-0.05, 0) is 43.9 Å². The Morgan fingerprint density at radius 3 is 2.53 bits per heavy atom. The second-order valence-corrected chi connectivity index (χ2v) is 13.1. The molecule has 4 amide bonds. The standard InChI is InChI=1S/C24H35ClN6O5S2/c1-26-24(34)29-13-11-28(12-14-29)16-18-4-2-10-31(18)22(32)17-30-9-3-5-20(23(30)33)27-38(35,36)15-8-19-6-7-21(25)37-19/h6-8,15,18,20,27H,2-5,9-14,16-17H2,1H3,(H,26,34)/b15-8+. The summed E-state index contributed by atoms with van der Waals surface area (Å²) in [5, 5.41) is 3.69. The van der Waals surface area contributed by atoms with E-state index >= 15 is 0 Å². The number of hydrogen-bond donors (Lipinski definition) is 2. The Morgan fingerprint density at radius 2 is 1.84 bits per heavy atom. The molecule has 2 unspecified atom stereocenters. The van der Waals surface area contributed by atoms with Gasteiger partial charge in [0.2, 0.25) is 21.8 Å². The number of halogens is 1. The van der Waals surface area contributed by atoms with Gasteiger partial charge in [-0.25, -0.2) is 13.2 Å². The molecule has 38 heavy (non-hydrogen) atoms. The van der Waals surface area contributed by atoms with Crippen LogP contribution in [0.15, 0.2) is 17.5 Å². The summed E-state index contributed by atoms with van der Waals surface area (Å²) in [5.41, 5.74) is 0. The van der Waals surface area contributed by atoms with Crippen molar-refractivity contribution in [2.45, 2.75) is 37.8 Å². The van der Waals surface area contributed by atoms with Crippen LogP contribution in [0.25, 0.3) is 6.08 Å². The number of amides is 4. The summed E-state index contributed by atoms with van der Waals surface area (Å²) >= 11 is 7.14. The van der Waals surface area contributed by atoms with Gasteiger partial charge in [0.25, 0.3) is 0 Å². The van der Waals surface area contributed by atoms with Crippen molar-refractivity contribution < 1.29 is 22.8 Å². The molecule has 3 aliphatic heterocycles. The predicted molar refractivity (Wildman–Crippen MR) is 147 cm³/mol. The fraction of sp³-hybridized carbons (Fsp3) is 0.625. The van der Waals surface area contributed by atoms with E-state index in [9.17, 15) is 22.8 Å². The molecule has 210 valence electrons. The Balaban J connectivity index is 1.29. The van der Waals surface area contributed by atoms with Gasteiger partial charge in [0, 0.05) is 69.2 Å². The third-order valence-electron chi connectivity index (χ3n) is 7.21. The number of nitrogens with zero attached hydrogens (tertiary/aromatic N) is 4. The molecule has 1 aromatic heterocycles. The van der Waals surface area contributed by atoms with Crippen LogP contribution in [0.5, 0.6) is 0 Å². The first-order chi connectivity index (χ1) is 18.1. The molecule has 0 spiro atoms. The Bertz CT molecular complexity index is 1150. The van der Waals surface area contributed by atoms with E-state index in [4.69, 9.17) is 11.6 Å². The molecule has 0 radical (unpaired) electrons. The molecular formula is C24H35ClN6O5S2. The maximum absolute atomic E-state index is 13.2. The zero-order valence-corrected chi connectivity index (χ0v) is 23.9. The molecule has 0 bridgehead atoms. The van der Waals surface area contributed by atoms with E-state index in [2.05, 4.69) is 14.9 Å². The van der Waals surface area contributed by atoms with Crippen LogP contribution in [-0.4, -0.2) is 117 Å². The van der Waals surface area contributed by atoms with Gasteiger partial charge in [-0.1, -0.05) is 11.6 Å². The SMILES string of the molecule is CNC(=O)N1CCN(CC2CCCN2C(=O)CN2CCCC(NS(=O)(=O)/C=C/c3ccc(Cl)s3)C2=O)CC1. The summed E-state index contributed by atoms with van der Waals surface area (Å²) < 4.78 is 28.2. The van der Waals surface area contributed by atoms with Gasteiger partial charge < -0.3 is 20.0 Å². The molecule has 1 aromatic rings. The number of carbonyl (C=O) groups is 3. The minimum atomic E-state index is -3.85. The van der Waals surface area contributed by atoms with Gasteiger partial charge in [-0.3, -0.25) is 14.5 Å². The van der Waals surface area contributed by atoms with Crippen molar-refractivity contribution in [2.24, 2.45) is 0 Å². The van der Waals surface area contributed by atoms with Gasteiger partial charge in [0.1, 0.15) is 6.04 Å². The first kappa shape index (κ1) is 28.8. The Morgan fingerprint density at radius 1 is 1.11 bits per heavy atom. The molecule has 2 atom stereocenters. The lowest BCUT2D eigenvalue weighted by atomic mass is 10.1. The van der Waals surface area contributed by atoms with Crippen LogP contribution < -0.4 is 10.0 Å². The quantitative estimate of drug-likeness (QED) is 0.472. The third-order valence-corrected chi connectivity index (χ3v) is 9.51. The van der Waals surface area contributed by atoms with Crippen molar-refractivity contribution in [3.8, 4) is 0 Å². The Labute approximate surface area is 232 Å². The number of sulfonamides is 1. The van der Waals surface area contributed by atoms with Crippen LogP contribution in [0.2, 0.25) is 4.34 Å². The van der Waals surface area contributed by atoms with Crippen molar-refractivity contribution in [1.29, 1.82) is 0 Å². The third kappa shape index (κ3) is 7.47. The topological polar surface area (TPSA) is 122 Å². The maximum atomic E-state index is 13.2. The lowest BCUT2D eigenvalue weighted by Gasteiger charge is -2.38. The van der Waals surface area contributed by atoms with Crippen molar-refractivity contribution in [1.82, 2.24) is 29.6 Å². The number of piperazine rings is 1. The summed E-state index contributed by atoms with van der Waals surface area (Å²) in [7, 11) is -2.22. The second kappa shape index (κ2) is 12.8. The average molecular weight is 587 g/mol. The second-order valence-electron chi connectivity index (χ2n) is 9.79. The van der Waals surface area contributed by atoms with E-state index in [0.29, 0.717) is 48.2 Å². The molecule has 0 aliphatic carbocycles. The summed E-state index contributed by atoms with van der Waals surface area (Å²) in [5.74, 6) is -0.482. The van der Waals surface area contributed by atoms with Gasteiger partial charge >= 0.3 is 6.03 Å². The molecular weight excluding hydrogens is 552 g/mol. The predicted octanol–water partition coefficient (Wildman–Crippen LogP) is 1.23. The monoisotopic (exact) mass is 586 g/mol. The molecule has 4 rings (SSSR count). The Hall–Kier alpha value is -2.19. The molecule has 0 saturated carbocycles. The number of urea groups is 1. The first-order valence-corrected chi connectivity index (χ1v) is 15.6. The summed E-state index contributed by atoms with van der Waals surface area (Å²) in [6.07, 6.45) is 4.25. The molecule has 4 heterocycles. The van der Waals surface area contributed by atoms with Crippen molar-refractivity contribution >= 4 is 56.9 Å². The van der Waals surface area contributed by atoms with Gasteiger partial charge in [-0.2, -0.15) is 4.72 Å². The molecule has 3 saturated heterocycles. The van der Waals surface area contributed by atoms with E-state index in [1.54, 1.807) is 24.1 Å². The van der Waals surface area contributed by atoms with Crippen molar-refractivity contribution in [3.05, 3.63) is 26.8 Å². The number of nitrogens with one attached hydrogen (secondary N) is 2. The van der Waals surface area contributed by atoms with Gasteiger partial charge in [0.05, 0.1) is 10.9 Å². The van der Waals surface area contributed by atoms with Crippen molar-refractivity contribution in [3.63, 3.8) is 0 Å². The number of likely N-dealkylation sites (tertiary alicyclic amines) is 2. The highest BCUT2D eigenvalue weighted by atomic mass is 35.5. The minimum absolute atomic E-state index is 0.0540. The highest BCUT2D eigenvalue weighted by Gasteiger charge is 2.36. The lowest BCUT2D eigenvalue weighted by Crippen LogP contribution is -2.56. The number of rotatable bonds is 8. The number of piperidine rings is 1. The van der Waals surface area contributed by atoms with Crippen LogP contribution in [-0.2, 0) is 19.6 Å². The van der Waals surface area contributed by atoms with Crippen molar-refractivity contribution in [2.75, 3.05) is 59.4 Å². The molecule has 14 heteroatoms. The fourth-order valence-electron chi connectivity index (χ4n) is 5.22. The average Bonchev–Trinajstić information content (AvgIpc) is 3.54. The van der Waals surface area contributed by atoms with E-state index in [1.165, 1.54) is 22.3 Å². The number of carbonyl (C=O) groups excluding carboxylic acids is 3. The van der Waals surface area contributed by atoms with E-state index < -0.39 is 16.1 Å². The molecule has 11 nitrogen and oxygen atoms in total. The summed E-state index contributed by atoms with van der Waals surface area (Å²) in [6.45, 7) is 4.57. The summed E-state index contributed by atoms with van der Waals surface area (Å²) in [6, 6.07) is 2.50. The zero-order chi connectivity index (χ0) is 27.3. The first-order valence-electron chi connectivity index (χ1n) is 12.9. The van der Waals surface area contributed by atoms with E-state index in [1.807, 2.05) is 4.90 Å². The fourth-order valence-corrected chi connectivity index (χ4v) is 7.29. The highest BCUT2D eigenvalue weighted by molar-refractivity contribution is 7.92. The summed E-state index contributed by atoms with van der Waals surface area (Å²) in [4.78, 5) is 46.2. The van der Waals surface area contributed by atoms with Gasteiger partial charge in [-0.15, -0.1) is 11.3 Å². The maximum Gasteiger partial charge on any atom is 0.317 e. The van der Waals surface area contributed by atoms with Crippen LogP contribution in [0, 0.1) is 0 Å². The number of thiophene rings is 1. The minimum Gasteiger partial charge on any atom is -0.341 e. The van der Waals surface area contributed by atoms with Gasteiger partial charge in [0.15, 0.2) is 0 Å². The normalized spacial score (nSPS) is 23.4. The smallest absolute Gasteiger partial charge is 0.317 e. The molecule has 3 fully saturated rings.